The van der Waals surface area contributed by atoms with Crippen LogP contribution in [0.25, 0.3) is 0 Å². The lowest BCUT2D eigenvalue weighted by Crippen LogP contribution is -2.19. The summed E-state index contributed by atoms with van der Waals surface area (Å²) >= 11 is 0. The van der Waals surface area contributed by atoms with Gasteiger partial charge < -0.3 is 5.32 Å². The normalized spacial score (nSPS) is 12.8. The molecule has 1 atom stereocenters. The molecule has 72 valence electrons. The van der Waals surface area contributed by atoms with E-state index in [4.69, 9.17) is 0 Å². The molecule has 0 aromatic heterocycles. The summed E-state index contributed by atoms with van der Waals surface area (Å²) in [7, 11) is 0. The van der Waals surface area contributed by atoms with Crippen molar-refractivity contribution in [3.8, 4) is 0 Å². The smallest absolute Gasteiger partial charge is 0.0317 e. The Labute approximate surface area is 81.2 Å². The molecule has 1 unspecified atom stereocenters. The molecule has 1 heteroatoms. The molecule has 13 heavy (non-hydrogen) atoms. The topological polar surface area (TPSA) is 12.0 Å². The molecule has 1 nitrogen and oxygen atoms in total. The van der Waals surface area contributed by atoms with E-state index in [0.29, 0.717) is 6.04 Å². The maximum atomic E-state index is 3.48. The van der Waals surface area contributed by atoms with E-state index in [1.54, 1.807) is 0 Å². The molecule has 1 aromatic carbocycles. The van der Waals surface area contributed by atoms with Gasteiger partial charge in [0.1, 0.15) is 0 Å². The minimum atomic E-state index is 0.518. The van der Waals surface area contributed by atoms with Gasteiger partial charge in [0.25, 0.3) is 0 Å². The predicted octanol–water partition coefficient (Wildman–Crippen LogP) is 3.06. The van der Waals surface area contributed by atoms with Crippen LogP contribution in [0, 0.1) is 6.92 Å². The molecule has 0 fully saturated rings. The van der Waals surface area contributed by atoms with Crippen LogP contribution in [0.2, 0.25) is 0 Å². The van der Waals surface area contributed by atoms with Gasteiger partial charge in [0.2, 0.25) is 0 Å². The Balaban J connectivity index is 2.78. The maximum Gasteiger partial charge on any atom is 0.0317 e. The first-order valence-corrected chi connectivity index (χ1v) is 5.07. The van der Waals surface area contributed by atoms with Crippen LogP contribution in [-0.4, -0.2) is 6.54 Å². The summed E-state index contributed by atoms with van der Waals surface area (Å²) in [5.41, 5.74) is 2.75. The van der Waals surface area contributed by atoms with Crippen molar-refractivity contribution >= 4 is 0 Å². The largest absolute Gasteiger partial charge is 0.310 e. The molecule has 0 aliphatic rings. The Morgan fingerprint density at radius 3 is 2.62 bits per heavy atom. The minimum Gasteiger partial charge on any atom is -0.310 e. The Bertz CT molecular complexity index is 255. The zero-order chi connectivity index (χ0) is 9.68. The van der Waals surface area contributed by atoms with Crippen LogP contribution in [-0.2, 0) is 0 Å². The Morgan fingerprint density at radius 1 is 1.31 bits per heavy atom. The fourth-order valence-electron chi connectivity index (χ4n) is 1.63. The summed E-state index contributed by atoms with van der Waals surface area (Å²) in [6.07, 6.45) is 1.15. The van der Waals surface area contributed by atoms with E-state index in [0.717, 1.165) is 13.0 Å². The van der Waals surface area contributed by atoms with Gasteiger partial charge in [-0.3, -0.25) is 0 Å². The van der Waals surface area contributed by atoms with Crippen LogP contribution < -0.4 is 5.32 Å². The van der Waals surface area contributed by atoms with E-state index in [1.165, 1.54) is 11.1 Å². The molecule has 0 bridgehead atoms. The number of hydrogen-bond donors (Lipinski definition) is 1. The van der Waals surface area contributed by atoms with Crippen molar-refractivity contribution < 1.29 is 0 Å². The van der Waals surface area contributed by atoms with Gasteiger partial charge in [-0.25, -0.2) is 0 Å². The second-order valence-electron chi connectivity index (χ2n) is 3.43. The third-order valence-electron chi connectivity index (χ3n) is 2.30. The van der Waals surface area contributed by atoms with Crippen LogP contribution in [0.1, 0.15) is 37.4 Å². The van der Waals surface area contributed by atoms with Crippen molar-refractivity contribution in [3.63, 3.8) is 0 Å². The molecular weight excluding hydrogens is 158 g/mol. The fourth-order valence-corrected chi connectivity index (χ4v) is 1.63. The Hall–Kier alpha value is -0.820. The molecule has 0 aliphatic heterocycles. The second-order valence-corrected chi connectivity index (χ2v) is 3.43. The average Bonchev–Trinajstić information content (AvgIpc) is 2.14. The van der Waals surface area contributed by atoms with Crippen LogP contribution in [0.3, 0.4) is 0 Å². The summed E-state index contributed by atoms with van der Waals surface area (Å²) in [6, 6.07) is 9.25. The molecule has 1 aromatic rings. The Kier molecular flexibility index (Phi) is 3.97. The van der Waals surface area contributed by atoms with Gasteiger partial charge in [0.05, 0.1) is 0 Å². The first-order valence-electron chi connectivity index (χ1n) is 5.07. The predicted molar refractivity (Wildman–Crippen MR) is 57.9 cm³/mol. The molecule has 0 saturated heterocycles. The highest BCUT2D eigenvalue weighted by Crippen LogP contribution is 2.16. The number of aryl methyl sites for hydroxylation is 1. The zero-order valence-corrected chi connectivity index (χ0v) is 8.80. The SMILES string of the molecule is CCNC(CC)c1cccc(C)c1. The van der Waals surface area contributed by atoms with Crippen LogP contribution in [0.15, 0.2) is 24.3 Å². The average molecular weight is 177 g/mol. The molecule has 0 heterocycles. The van der Waals surface area contributed by atoms with Gasteiger partial charge >= 0.3 is 0 Å². The summed E-state index contributed by atoms with van der Waals surface area (Å²) in [6.45, 7) is 7.54. The van der Waals surface area contributed by atoms with E-state index in [2.05, 4.69) is 50.4 Å². The van der Waals surface area contributed by atoms with Gasteiger partial charge in [-0.05, 0) is 25.5 Å². The monoisotopic (exact) mass is 177 g/mol. The van der Waals surface area contributed by atoms with E-state index in [1.807, 2.05) is 0 Å². The molecule has 0 spiro atoms. The lowest BCUT2D eigenvalue weighted by Gasteiger charge is -2.16. The second kappa shape index (κ2) is 5.03. The van der Waals surface area contributed by atoms with E-state index in [-0.39, 0.29) is 0 Å². The summed E-state index contributed by atoms with van der Waals surface area (Å²) in [5.74, 6) is 0. The lowest BCUT2D eigenvalue weighted by atomic mass is 10.0. The van der Waals surface area contributed by atoms with E-state index >= 15 is 0 Å². The van der Waals surface area contributed by atoms with Crippen molar-refractivity contribution in [3.05, 3.63) is 35.4 Å². The van der Waals surface area contributed by atoms with E-state index < -0.39 is 0 Å². The first-order chi connectivity index (χ1) is 6.27. The van der Waals surface area contributed by atoms with Gasteiger partial charge in [-0.2, -0.15) is 0 Å². The van der Waals surface area contributed by atoms with Crippen LogP contribution in [0.4, 0.5) is 0 Å². The Morgan fingerprint density at radius 2 is 2.08 bits per heavy atom. The van der Waals surface area contributed by atoms with Gasteiger partial charge in [0, 0.05) is 6.04 Å². The van der Waals surface area contributed by atoms with Gasteiger partial charge in [-0.1, -0.05) is 43.7 Å². The third kappa shape index (κ3) is 2.85. The molecule has 1 N–H and O–H groups in total. The molecule has 0 amide bonds. The van der Waals surface area contributed by atoms with Crippen molar-refractivity contribution in [1.29, 1.82) is 0 Å². The zero-order valence-electron chi connectivity index (χ0n) is 8.80. The molecule has 0 aliphatic carbocycles. The summed E-state index contributed by atoms with van der Waals surface area (Å²) in [4.78, 5) is 0. The maximum absolute atomic E-state index is 3.48. The van der Waals surface area contributed by atoms with Crippen molar-refractivity contribution in [2.24, 2.45) is 0 Å². The van der Waals surface area contributed by atoms with Gasteiger partial charge in [0.15, 0.2) is 0 Å². The summed E-state index contributed by atoms with van der Waals surface area (Å²) in [5, 5.41) is 3.48. The highest BCUT2D eigenvalue weighted by atomic mass is 14.9. The number of benzene rings is 1. The number of nitrogens with one attached hydrogen (secondary N) is 1. The summed E-state index contributed by atoms with van der Waals surface area (Å²) < 4.78 is 0. The first kappa shape index (κ1) is 10.3. The standard InChI is InChI=1S/C12H19N/c1-4-12(13-5-2)11-8-6-7-10(3)9-11/h6-9,12-13H,4-5H2,1-3H3. The van der Waals surface area contributed by atoms with Crippen molar-refractivity contribution in [1.82, 2.24) is 5.32 Å². The lowest BCUT2D eigenvalue weighted by molar-refractivity contribution is 0.537. The molecule has 0 saturated carbocycles. The van der Waals surface area contributed by atoms with E-state index in [9.17, 15) is 0 Å². The molecular formula is C12H19N. The molecule has 1 rings (SSSR count). The quantitative estimate of drug-likeness (QED) is 0.745. The van der Waals surface area contributed by atoms with Gasteiger partial charge in [-0.15, -0.1) is 0 Å². The van der Waals surface area contributed by atoms with Crippen molar-refractivity contribution in [2.45, 2.75) is 33.2 Å². The van der Waals surface area contributed by atoms with Crippen LogP contribution >= 0.6 is 0 Å². The highest BCUT2D eigenvalue weighted by molar-refractivity contribution is 5.24. The minimum absolute atomic E-state index is 0.518. The van der Waals surface area contributed by atoms with Crippen LogP contribution in [0.5, 0.6) is 0 Å². The van der Waals surface area contributed by atoms with Crippen molar-refractivity contribution in [2.75, 3.05) is 6.54 Å². The molecule has 0 radical (unpaired) electrons. The highest BCUT2D eigenvalue weighted by Gasteiger charge is 2.06. The third-order valence-corrected chi connectivity index (χ3v) is 2.30. The fraction of sp³-hybridized carbons (Fsp3) is 0.500. The number of hydrogen-bond acceptors (Lipinski definition) is 1. The number of rotatable bonds is 4.